The van der Waals surface area contributed by atoms with Crippen LogP contribution in [-0.2, 0) is 17.8 Å². The number of rotatable bonds is 8. The second-order valence-electron chi connectivity index (χ2n) is 7.31. The highest BCUT2D eigenvalue weighted by molar-refractivity contribution is 5.91. The number of H-pyrrole nitrogens is 1. The van der Waals surface area contributed by atoms with E-state index in [0.29, 0.717) is 35.2 Å². The monoisotopic (exact) mass is 432 g/mol. The molecule has 9 nitrogen and oxygen atoms in total. The Kier molecular flexibility index (Phi) is 6.16. The Hall–Kier alpha value is -4.14. The first kappa shape index (κ1) is 21.1. The van der Waals surface area contributed by atoms with E-state index in [9.17, 15) is 9.59 Å². The molecule has 0 aliphatic rings. The van der Waals surface area contributed by atoms with E-state index in [4.69, 9.17) is 4.74 Å². The third-order valence-electron chi connectivity index (χ3n) is 5.05. The molecule has 0 aliphatic carbocycles. The number of amides is 1. The number of nitrogens with one attached hydrogen (secondary N) is 3. The van der Waals surface area contributed by atoms with Crippen LogP contribution in [0.25, 0.3) is 5.78 Å². The third-order valence-corrected chi connectivity index (χ3v) is 5.05. The lowest BCUT2D eigenvalue weighted by molar-refractivity contribution is -0.116. The van der Waals surface area contributed by atoms with Crippen LogP contribution in [0.15, 0.2) is 59.4 Å². The summed E-state index contributed by atoms with van der Waals surface area (Å²) in [6.45, 7) is 2.31. The molecule has 4 rings (SSSR count). The highest BCUT2D eigenvalue weighted by atomic mass is 16.5. The Labute approximate surface area is 184 Å². The maximum absolute atomic E-state index is 13.0. The zero-order valence-corrected chi connectivity index (χ0v) is 17.9. The number of benzene rings is 2. The second-order valence-corrected chi connectivity index (χ2v) is 7.31. The Bertz CT molecular complexity index is 1300. The van der Waals surface area contributed by atoms with E-state index in [1.165, 1.54) is 4.52 Å². The van der Waals surface area contributed by atoms with Crippen molar-refractivity contribution >= 4 is 23.3 Å². The Morgan fingerprint density at radius 2 is 1.94 bits per heavy atom. The molecule has 0 radical (unpaired) electrons. The van der Waals surface area contributed by atoms with Gasteiger partial charge in [-0.05, 0) is 31.0 Å². The molecule has 0 aliphatic heterocycles. The largest absolute Gasteiger partial charge is 0.497 e. The molecule has 0 atom stereocenters. The molecule has 2 heterocycles. The average Bonchev–Trinajstić information content (AvgIpc) is 3.21. The topological polar surface area (TPSA) is 113 Å². The van der Waals surface area contributed by atoms with Crippen LogP contribution in [0.2, 0.25) is 0 Å². The molecule has 3 N–H and O–H groups in total. The summed E-state index contributed by atoms with van der Waals surface area (Å²) in [6, 6.07) is 17.0. The summed E-state index contributed by atoms with van der Waals surface area (Å²) in [5, 5.41) is 8.93. The molecule has 2 aromatic carbocycles. The van der Waals surface area contributed by atoms with Crippen LogP contribution < -0.4 is 20.9 Å². The van der Waals surface area contributed by atoms with Crippen LogP contribution in [0.1, 0.15) is 23.2 Å². The summed E-state index contributed by atoms with van der Waals surface area (Å²) in [7, 11) is 1.57. The van der Waals surface area contributed by atoms with E-state index < -0.39 is 0 Å². The number of methoxy groups -OCH3 is 1. The number of nitrogens with zero attached hydrogens (tertiary/aromatic N) is 3. The van der Waals surface area contributed by atoms with Gasteiger partial charge in [0.15, 0.2) is 0 Å². The highest BCUT2D eigenvalue weighted by Crippen LogP contribution is 2.17. The zero-order chi connectivity index (χ0) is 22.5. The van der Waals surface area contributed by atoms with E-state index in [-0.39, 0.29) is 30.1 Å². The first-order valence-electron chi connectivity index (χ1n) is 10.2. The SMILES string of the molecule is COc1cccc(NC(=O)CCc2c(C)nc3nc(NCc4ccccc4)[nH]n3c2=O)c1. The van der Waals surface area contributed by atoms with Crippen LogP contribution >= 0.6 is 0 Å². The molecule has 164 valence electrons. The lowest BCUT2D eigenvalue weighted by atomic mass is 10.1. The number of aryl methyl sites for hydroxylation is 1. The van der Waals surface area contributed by atoms with Crippen LogP contribution in [-0.4, -0.2) is 32.6 Å². The molecule has 0 fully saturated rings. The summed E-state index contributed by atoms with van der Waals surface area (Å²) >= 11 is 0. The quantitative estimate of drug-likeness (QED) is 0.395. The maximum Gasteiger partial charge on any atom is 0.277 e. The van der Waals surface area contributed by atoms with E-state index in [1.54, 1.807) is 38.3 Å². The molecule has 2 aromatic heterocycles. The highest BCUT2D eigenvalue weighted by Gasteiger charge is 2.15. The van der Waals surface area contributed by atoms with Crippen molar-refractivity contribution in [1.82, 2.24) is 19.6 Å². The first-order valence-corrected chi connectivity index (χ1v) is 10.2. The predicted molar refractivity (Wildman–Crippen MR) is 122 cm³/mol. The summed E-state index contributed by atoms with van der Waals surface area (Å²) in [5.74, 6) is 1.19. The van der Waals surface area contributed by atoms with Gasteiger partial charge in [0, 0.05) is 30.3 Å². The minimum absolute atomic E-state index is 0.147. The van der Waals surface area contributed by atoms with Gasteiger partial charge in [0.2, 0.25) is 11.9 Å². The number of hydrogen-bond donors (Lipinski definition) is 3. The number of aromatic amines is 1. The molecular weight excluding hydrogens is 408 g/mol. The normalized spacial score (nSPS) is 10.8. The van der Waals surface area contributed by atoms with Gasteiger partial charge in [-0.25, -0.2) is 4.98 Å². The van der Waals surface area contributed by atoms with Crippen molar-refractivity contribution in [3.8, 4) is 5.75 Å². The van der Waals surface area contributed by atoms with Gasteiger partial charge in [0.05, 0.1) is 12.8 Å². The molecule has 0 saturated carbocycles. The van der Waals surface area contributed by atoms with E-state index in [1.807, 2.05) is 30.3 Å². The molecule has 1 amide bonds. The molecule has 0 saturated heterocycles. The van der Waals surface area contributed by atoms with Crippen molar-refractivity contribution in [3.05, 3.63) is 81.8 Å². The molecular formula is C23H24N6O3. The van der Waals surface area contributed by atoms with Gasteiger partial charge < -0.3 is 15.4 Å². The van der Waals surface area contributed by atoms with Crippen molar-refractivity contribution < 1.29 is 9.53 Å². The van der Waals surface area contributed by atoms with Gasteiger partial charge in [-0.15, -0.1) is 0 Å². The smallest absolute Gasteiger partial charge is 0.277 e. The Balaban J connectivity index is 1.45. The van der Waals surface area contributed by atoms with Crippen molar-refractivity contribution in [2.45, 2.75) is 26.3 Å². The van der Waals surface area contributed by atoms with Gasteiger partial charge in [-0.2, -0.15) is 9.50 Å². The van der Waals surface area contributed by atoms with Gasteiger partial charge in [-0.3, -0.25) is 14.7 Å². The van der Waals surface area contributed by atoms with E-state index >= 15 is 0 Å². The van der Waals surface area contributed by atoms with Crippen LogP contribution in [0, 0.1) is 6.92 Å². The van der Waals surface area contributed by atoms with Crippen molar-refractivity contribution in [2.24, 2.45) is 0 Å². The number of carbonyl (C=O) groups is 1. The van der Waals surface area contributed by atoms with Gasteiger partial charge >= 0.3 is 0 Å². The number of anilines is 2. The molecule has 9 heteroatoms. The van der Waals surface area contributed by atoms with Crippen molar-refractivity contribution in [1.29, 1.82) is 0 Å². The minimum atomic E-state index is -0.262. The second kappa shape index (κ2) is 9.34. The van der Waals surface area contributed by atoms with E-state index in [2.05, 4.69) is 25.7 Å². The van der Waals surface area contributed by atoms with Gasteiger partial charge in [0.1, 0.15) is 5.75 Å². The maximum atomic E-state index is 13.0. The minimum Gasteiger partial charge on any atom is -0.497 e. The molecule has 0 bridgehead atoms. The number of ether oxygens (including phenoxy) is 1. The fourth-order valence-corrected chi connectivity index (χ4v) is 3.37. The van der Waals surface area contributed by atoms with Gasteiger partial charge in [-0.1, -0.05) is 36.4 Å². The number of hydrogen-bond acceptors (Lipinski definition) is 6. The summed E-state index contributed by atoms with van der Waals surface area (Å²) in [5.41, 5.74) is 2.50. The lowest BCUT2D eigenvalue weighted by Gasteiger charge is -2.08. The van der Waals surface area contributed by atoms with Crippen molar-refractivity contribution in [2.75, 3.05) is 17.7 Å². The van der Waals surface area contributed by atoms with Crippen LogP contribution in [0.3, 0.4) is 0 Å². The summed E-state index contributed by atoms with van der Waals surface area (Å²) < 4.78 is 6.47. The Morgan fingerprint density at radius 1 is 1.12 bits per heavy atom. The average molecular weight is 432 g/mol. The zero-order valence-electron chi connectivity index (χ0n) is 17.9. The molecule has 0 spiro atoms. The fourth-order valence-electron chi connectivity index (χ4n) is 3.37. The fraction of sp³-hybridized carbons (Fsp3) is 0.217. The van der Waals surface area contributed by atoms with Crippen molar-refractivity contribution in [3.63, 3.8) is 0 Å². The first-order chi connectivity index (χ1) is 15.5. The number of fused-ring (bicyclic) bond motifs is 1. The Morgan fingerprint density at radius 3 is 2.72 bits per heavy atom. The molecule has 32 heavy (non-hydrogen) atoms. The summed E-state index contributed by atoms with van der Waals surface area (Å²) in [4.78, 5) is 34.1. The lowest BCUT2D eigenvalue weighted by Crippen LogP contribution is -2.23. The van der Waals surface area contributed by atoms with E-state index in [0.717, 1.165) is 5.56 Å². The van der Waals surface area contributed by atoms with Gasteiger partial charge in [0.25, 0.3) is 11.3 Å². The predicted octanol–water partition coefficient (Wildman–Crippen LogP) is 2.92. The number of carbonyl (C=O) groups excluding carboxylic acids is 1. The van der Waals surface area contributed by atoms with Crippen LogP contribution in [0.4, 0.5) is 11.6 Å². The summed E-state index contributed by atoms with van der Waals surface area (Å²) in [6.07, 6.45) is 0.413. The molecule has 4 aromatic rings. The van der Waals surface area contributed by atoms with Crippen LogP contribution in [0.5, 0.6) is 5.75 Å². The number of aromatic nitrogens is 4. The third kappa shape index (κ3) is 4.77. The molecule has 0 unspecified atom stereocenters. The standard InChI is InChI=1S/C23H24N6O3/c1-15-19(11-12-20(30)26-17-9-6-10-18(13-17)32-2)21(31)29-23(25-15)27-22(28-29)24-14-16-7-4-3-5-8-16/h3-10,13H,11-12,14H2,1-2H3,(H,26,30)(H2,24,25,27,28).